The Labute approximate surface area is 112 Å². The highest BCUT2D eigenvalue weighted by Crippen LogP contribution is 2.11. The molecule has 0 spiro atoms. The molecule has 0 atom stereocenters. The molecule has 1 aliphatic heterocycles. The summed E-state index contributed by atoms with van der Waals surface area (Å²) >= 11 is 0. The summed E-state index contributed by atoms with van der Waals surface area (Å²) in [4.78, 5) is 23.6. The minimum atomic E-state index is -0.193. The van der Waals surface area contributed by atoms with Gasteiger partial charge < -0.3 is 9.80 Å². The van der Waals surface area contributed by atoms with E-state index in [1.807, 2.05) is 6.07 Å². The van der Waals surface area contributed by atoms with Crippen LogP contribution in [0.2, 0.25) is 0 Å². The predicted octanol–water partition coefficient (Wildman–Crippen LogP) is 0.286. The second-order valence-corrected chi connectivity index (χ2v) is 4.71. The van der Waals surface area contributed by atoms with Crippen LogP contribution in [0.4, 0.5) is 5.95 Å². The molecule has 0 amide bonds. The number of nitrogens with one attached hydrogen (secondary N) is 1. The summed E-state index contributed by atoms with van der Waals surface area (Å²) in [5.41, 5.74) is 0.929. The number of nitrogens with zero attached hydrogens (tertiary/aromatic N) is 4. The van der Waals surface area contributed by atoms with Crippen molar-refractivity contribution in [2.75, 3.05) is 37.6 Å². The van der Waals surface area contributed by atoms with Crippen molar-refractivity contribution in [3.05, 3.63) is 21.6 Å². The average molecular weight is 261 g/mol. The standard InChI is InChI=1S/C13H19N5O/c1-3-17-6-8-18(9-7-17)13-15-10(2)11(4-5-14)12(19)16-13/h3-4,6-9H2,1-2H3,(H,15,16,19). The zero-order valence-corrected chi connectivity index (χ0v) is 11.4. The molecule has 1 fully saturated rings. The number of anilines is 1. The van der Waals surface area contributed by atoms with Crippen LogP contribution >= 0.6 is 0 Å². The van der Waals surface area contributed by atoms with Crippen LogP contribution in [-0.4, -0.2) is 47.6 Å². The molecule has 1 saturated heterocycles. The molecule has 1 aromatic heterocycles. The van der Waals surface area contributed by atoms with Gasteiger partial charge in [0.05, 0.1) is 23.7 Å². The number of hydrogen-bond donors (Lipinski definition) is 1. The fourth-order valence-electron chi connectivity index (χ4n) is 2.31. The molecule has 6 heteroatoms. The highest BCUT2D eigenvalue weighted by atomic mass is 16.1. The second-order valence-electron chi connectivity index (χ2n) is 4.71. The third-order valence-electron chi connectivity index (χ3n) is 3.58. The number of likely N-dealkylation sites (N-methyl/N-ethyl adjacent to an activating group) is 1. The monoisotopic (exact) mass is 261 g/mol. The van der Waals surface area contributed by atoms with Crippen LogP contribution in [0.25, 0.3) is 0 Å². The van der Waals surface area contributed by atoms with Crippen LogP contribution in [0.1, 0.15) is 18.2 Å². The first-order chi connectivity index (χ1) is 9.15. The topological polar surface area (TPSA) is 76.0 Å². The minimum absolute atomic E-state index is 0.109. The molecule has 2 heterocycles. The minimum Gasteiger partial charge on any atom is -0.340 e. The molecule has 1 aliphatic rings. The smallest absolute Gasteiger partial charge is 0.256 e. The molecule has 0 aliphatic carbocycles. The average Bonchev–Trinajstić information content (AvgIpc) is 2.43. The van der Waals surface area contributed by atoms with Crippen molar-refractivity contribution < 1.29 is 0 Å². The highest BCUT2D eigenvalue weighted by molar-refractivity contribution is 5.34. The molecule has 1 N–H and O–H groups in total. The number of aromatic nitrogens is 2. The lowest BCUT2D eigenvalue weighted by Gasteiger charge is -2.34. The molecule has 102 valence electrons. The Morgan fingerprint density at radius 3 is 2.58 bits per heavy atom. The zero-order chi connectivity index (χ0) is 13.8. The Hall–Kier alpha value is -1.87. The Morgan fingerprint density at radius 1 is 1.37 bits per heavy atom. The molecule has 0 aromatic carbocycles. The molecule has 2 rings (SSSR count). The van der Waals surface area contributed by atoms with Gasteiger partial charge in [0.25, 0.3) is 5.56 Å². The Morgan fingerprint density at radius 2 is 2.05 bits per heavy atom. The van der Waals surface area contributed by atoms with E-state index < -0.39 is 0 Å². The summed E-state index contributed by atoms with van der Waals surface area (Å²) in [5, 5.41) is 8.70. The largest absolute Gasteiger partial charge is 0.340 e. The quantitative estimate of drug-likeness (QED) is 0.846. The summed E-state index contributed by atoms with van der Waals surface area (Å²) in [6.45, 7) is 8.70. The van der Waals surface area contributed by atoms with Crippen LogP contribution in [0.3, 0.4) is 0 Å². The van der Waals surface area contributed by atoms with Crippen molar-refractivity contribution in [2.45, 2.75) is 20.3 Å². The SMILES string of the molecule is CCN1CCN(c2nc(C)c(CC#N)c(=O)[nH]2)CC1. The summed E-state index contributed by atoms with van der Waals surface area (Å²) in [7, 11) is 0. The van der Waals surface area contributed by atoms with Gasteiger partial charge in [-0.05, 0) is 13.5 Å². The van der Waals surface area contributed by atoms with Gasteiger partial charge in [-0.2, -0.15) is 5.26 Å². The summed E-state index contributed by atoms with van der Waals surface area (Å²) in [5.74, 6) is 0.625. The van der Waals surface area contributed by atoms with E-state index in [1.165, 1.54) is 0 Å². The normalized spacial score (nSPS) is 16.4. The summed E-state index contributed by atoms with van der Waals surface area (Å²) < 4.78 is 0. The van der Waals surface area contributed by atoms with E-state index in [1.54, 1.807) is 6.92 Å². The van der Waals surface area contributed by atoms with E-state index >= 15 is 0 Å². The van der Waals surface area contributed by atoms with Gasteiger partial charge in [-0.25, -0.2) is 4.98 Å². The van der Waals surface area contributed by atoms with Gasteiger partial charge in [0, 0.05) is 26.2 Å². The lowest BCUT2D eigenvalue weighted by atomic mass is 10.2. The van der Waals surface area contributed by atoms with Gasteiger partial charge in [-0.1, -0.05) is 6.92 Å². The highest BCUT2D eigenvalue weighted by Gasteiger charge is 2.18. The number of aromatic amines is 1. The number of rotatable bonds is 3. The zero-order valence-electron chi connectivity index (χ0n) is 11.4. The molecule has 19 heavy (non-hydrogen) atoms. The fraction of sp³-hybridized carbons (Fsp3) is 0.615. The first-order valence-electron chi connectivity index (χ1n) is 6.59. The van der Waals surface area contributed by atoms with Gasteiger partial charge in [0.1, 0.15) is 0 Å². The van der Waals surface area contributed by atoms with Gasteiger partial charge in [0.15, 0.2) is 0 Å². The molecule has 0 unspecified atom stereocenters. The summed E-state index contributed by atoms with van der Waals surface area (Å²) in [6.07, 6.45) is 0.109. The molecule has 0 radical (unpaired) electrons. The number of nitriles is 1. The second kappa shape index (κ2) is 5.85. The van der Waals surface area contributed by atoms with E-state index in [2.05, 4.69) is 26.7 Å². The van der Waals surface area contributed by atoms with Crippen molar-refractivity contribution in [2.24, 2.45) is 0 Å². The van der Waals surface area contributed by atoms with E-state index in [0.29, 0.717) is 17.2 Å². The molecule has 1 aromatic rings. The maximum Gasteiger partial charge on any atom is 0.256 e. The lowest BCUT2D eigenvalue weighted by Crippen LogP contribution is -2.47. The molecular formula is C13H19N5O. The summed E-state index contributed by atoms with van der Waals surface area (Å²) in [6, 6.07) is 2.00. The lowest BCUT2D eigenvalue weighted by molar-refractivity contribution is 0.269. The van der Waals surface area contributed by atoms with Gasteiger partial charge in [0.2, 0.25) is 5.95 Å². The molecule has 0 bridgehead atoms. The third-order valence-corrected chi connectivity index (χ3v) is 3.58. The Balaban J connectivity index is 2.19. The van der Waals surface area contributed by atoms with Crippen LogP contribution < -0.4 is 10.5 Å². The fourth-order valence-corrected chi connectivity index (χ4v) is 2.31. The van der Waals surface area contributed by atoms with Crippen LogP contribution in [-0.2, 0) is 6.42 Å². The van der Waals surface area contributed by atoms with E-state index in [0.717, 1.165) is 32.7 Å². The van der Waals surface area contributed by atoms with Crippen molar-refractivity contribution in [1.82, 2.24) is 14.9 Å². The predicted molar refractivity (Wildman–Crippen MR) is 73.2 cm³/mol. The van der Waals surface area contributed by atoms with E-state index in [9.17, 15) is 4.79 Å². The first-order valence-corrected chi connectivity index (χ1v) is 6.59. The van der Waals surface area contributed by atoms with E-state index in [4.69, 9.17) is 5.26 Å². The number of H-pyrrole nitrogens is 1. The Bertz CT molecular complexity index is 537. The maximum atomic E-state index is 11.9. The first kappa shape index (κ1) is 13.6. The van der Waals surface area contributed by atoms with Crippen molar-refractivity contribution in [1.29, 1.82) is 5.26 Å². The van der Waals surface area contributed by atoms with Crippen molar-refractivity contribution >= 4 is 5.95 Å². The van der Waals surface area contributed by atoms with Crippen LogP contribution in [0.15, 0.2) is 4.79 Å². The number of piperazine rings is 1. The van der Waals surface area contributed by atoms with Gasteiger partial charge in [-0.3, -0.25) is 9.78 Å². The van der Waals surface area contributed by atoms with Crippen molar-refractivity contribution in [3.8, 4) is 6.07 Å². The number of aryl methyl sites for hydroxylation is 1. The molecular weight excluding hydrogens is 242 g/mol. The maximum absolute atomic E-state index is 11.9. The van der Waals surface area contributed by atoms with E-state index in [-0.39, 0.29) is 12.0 Å². The van der Waals surface area contributed by atoms with Crippen LogP contribution in [0.5, 0.6) is 0 Å². The number of hydrogen-bond acceptors (Lipinski definition) is 5. The molecule has 6 nitrogen and oxygen atoms in total. The third kappa shape index (κ3) is 2.93. The molecule has 0 saturated carbocycles. The van der Waals surface area contributed by atoms with Gasteiger partial charge in [-0.15, -0.1) is 0 Å². The van der Waals surface area contributed by atoms with Gasteiger partial charge >= 0.3 is 0 Å². The van der Waals surface area contributed by atoms with Crippen molar-refractivity contribution in [3.63, 3.8) is 0 Å². The Kier molecular flexibility index (Phi) is 4.17. The van der Waals surface area contributed by atoms with Crippen LogP contribution in [0, 0.1) is 18.3 Å².